The van der Waals surface area contributed by atoms with Crippen LogP contribution >= 0.6 is 11.8 Å². The average Bonchev–Trinajstić information content (AvgIpc) is 2.44. The number of carbonyl (C=O) groups excluding carboxylic acids is 1. The third kappa shape index (κ3) is 1.77. The molecule has 13 heavy (non-hydrogen) atoms. The van der Waals surface area contributed by atoms with Crippen molar-refractivity contribution in [1.82, 2.24) is 10.2 Å². The van der Waals surface area contributed by atoms with Gasteiger partial charge in [0.1, 0.15) is 11.8 Å². The lowest BCUT2D eigenvalue weighted by molar-refractivity contribution is 0.0995. The molecule has 1 amide bonds. The number of ether oxygens (including phenoxy) is 1. The monoisotopic (exact) mass is 199 g/mol. The molecule has 1 fully saturated rings. The van der Waals surface area contributed by atoms with Crippen LogP contribution in [0.5, 0.6) is 5.88 Å². The van der Waals surface area contributed by atoms with Crippen molar-refractivity contribution in [1.29, 1.82) is 0 Å². The second-order valence-electron chi connectivity index (χ2n) is 2.76. The van der Waals surface area contributed by atoms with E-state index in [4.69, 9.17) is 10.5 Å². The van der Waals surface area contributed by atoms with Gasteiger partial charge in [-0.25, -0.2) is 0 Å². The summed E-state index contributed by atoms with van der Waals surface area (Å²) in [5.41, 5.74) is 5.31. The van der Waals surface area contributed by atoms with Crippen LogP contribution in [0.4, 0.5) is 0 Å². The molecule has 0 unspecified atom stereocenters. The Morgan fingerprint density at radius 2 is 2.54 bits per heavy atom. The van der Waals surface area contributed by atoms with Gasteiger partial charge in [0.05, 0.1) is 0 Å². The first kappa shape index (κ1) is 8.43. The topological polar surface area (TPSA) is 81.0 Å². The van der Waals surface area contributed by atoms with E-state index in [9.17, 15) is 4.79 Å². The summed E-state index contributed by atoms with van der Waals surface area (Å²) in [7, 11) is 0. The molecular formula is C7H9N3O2S. The quantitative estimate of drug-likeness (QED) is 0.718. The van der Waals surface area contributed by atoms with Crippen molar-refractivity contribution in [3.63, 3.8) is 0 Å². The lowest BCUT2D eigenvalue weighted by Crippen LogP contribution is -2.31. The van der Waals surface area contributed by atoms with Crippen LogP contribution in [0.3, 0.4) is 0 Å². The van der Waals surface area contributed by atoms with Crippen molar-refractivity contribution < 1.29 is 9.53 Å². The fourth-order valence-electron chi connectivity index (χ4n) is 0.943. The largest absolute Gasteiger partial charge is 0.472 e. The maximum absolute atomic E-state index is 10.7. The van der Waals surface area contributed by atoms with E-state index in [1.54, 1.807) is 0 Å². The summed E-state index contributed by atoms with van der Waals surface area (Å²) in [4.78, 5) is 10.7. The molecule has 0 spiro atoms. The van der Waals surface area contributed by atoms with E-state index in [0.717, 1.165) is 11.5 Å². The second kappa shape index (κ2) is 3.29. The van der Waals surface area contributed by atoms with Gasteiger partial charge in [0.2, 0.25) is 5.88 Å². The molecule has 1 aromatic heterocycles. The number of aromatic nitrogens is 2. The van der Waals surface area contributed by atoms with E-state index < -0.39 is 5.91 Å². The molecule has 70 valence electrons. The van der Waals surface area contributed by atoms with Gasteiger partial charge in [0, 0.05) is 17.6 Å². The number of nitrogens with one attached hydrogen (secondary N) is 1. The maximum atomic E-state index is 10.7. The molecule has 0 atom stereocenters. The van der Waals surface area contributed by atoms with Crippen LogP contribution in [-0.4, -0.2) is 33.7 Å². The number of H-pyrrole nitrogens is 1. The number of hydrogen-bond donors (Lipinski definition) is 2. The van der Waals surface area contributed by atoms with Crippen molar-refractivity contribution in [3.05, 3.63) is 11.8 Å². The van der Waals surface area contributed by atoms with Gasteiger partial charge >= 0.3 is 0 Å². The van der Waals surface area contributed by atoms with Crippen molar-refractivity contribution in [2.45, 2.75) is 6.10 Å². The number of aromatic amines is 1. The number of nitrogens with zero attached hydrogens (tertiary/aromatic N) is 1. The highest BCUT2D eigenvalue weighted by Gasteiger charge is 2.21. The number of primary amides is 1. The van der Waals surface area contributed by atoms with Crippen LogP contribution < -0.4 is 10.5 Å². The first-order valence-corrected chi connectivity index (χ1v) is 5.01. The zero-order valence-corrected chi connectivity index (χ0v) is 7.63. The number of hydrogen-bond acceptors (Lipinski definition) is 4. The predicted octanol–water partition coefficient (Wildman–Crippen LogP) is 0.00280. The zero-order chi connectivity index (χ0) is 9.26. The van der Waals surface area contributed by atoms with Crippen molar-refractivity contribution in [2.24, 2.45) is 5.73 Å². The van der Waals surface area contributed by atoms with E-state index >= 15 is 0 Å². The summed E-state index contributed by atoms with van der Waals surface area (Å²) in [6.45, 7) is 0. The van der Waals surface area contributed by atoms with Crippen molar-refractivity contribution in [3.8, 4) is 5.88 Å². The first-order chi connectivity index (χ1) is 6.25. The van der Waals surface area contributed by atoms with Crippen LogP contribution in [0, 0.1) is 0 Å². The summed E-state index contributed by atoms with van der Waals surface area (Å²) >= 11 is 1.82. The SMILES string of the molecule is NC(=O)c1cc(OC2CSC2)n[nH]1. The molecule has 5 nitrogen and oxygen atoms in total. The van der Waals surface area contributed by atoms with Gasteiger partial charge in [-0.1, -0.05) is 0 Å². The van der Waals surface area contributed by atoms with Crippen molar-refractivity contribution >= 4 is 17.7 Å². The van der Waals surface area contributed by atoms with Crippen molar-refractivity contribution in [2.75, 3.05) is 11.5 Å². The number of nitrogens with two attached hydrogens (primary N) is 1. The van der Waals surface area contributed by atoms with E-state index in [2.05, 4.69) is 10.2 Å². The highest BCUT2D eigenvalue weighted by atomic mass is 32.2. The van der Waals surface area contributed by atoms with Gasteiger partial charge in [-0.05, 0) is 0 Å². The van der Waals surface area contributed by atoms with Gasteiger partial charge in [-0.2, -0.15) is 11.8 Å². The lowest BCUT2D eigenvalue weighted by atomic mass is 10.4. The summed E-state index contributed by atoms with van der Waals surface area (Å²) in [5.74, 6) is 1.89. The Kier molecular flexibility index (Phi) is 2.13. The third-order valence-corrected chi connectivity index (χ3v) is 2.93. The van der Waals surface area contributed by atoms with Crippen LogP contribution in [-0.2, 0) is 0 Å². The van der Waals surface area contributed by atoms with Gasteiger partial charge in [0.25, 0.3) is 5.91 Å². The fourth-order valence-corrected chi connectivity index (χ4v) is 1.51. The normalized spacial score (nSPS) is 16.6. The van der Waals surface area contributed by atoms with Crippen LogP contribution in [0.25, 0.3) is 0 Å². The minimum Gasteiger partial charge on any atom is -0.472 e. The van der Waals surface area contributed by atoms with Crippen LogP contribution in [0.1, 0.15) is 10.5 Å². The molecule has 1 aromatic rings. The molecule has 2 heterocycles. The zero-order valence-electron chi connectivity index (χ0n) is 6.82. The highest BCUT2D eigenvalue weighted by molar-refractivity contribution is 8.00. The Hall–Kier alpha value is -1.17. The number of thioether (sulfide) groups is 1. The Bertz CT molecular complexity index is 321. The number of rotatable bonds is 3. The van der Waals surface area contributed by atoms with Crippen LogP contribution in [0.2, 0.25) is 0 Å². The van der Waals surface area contributed by atoms with E-state index in [-0.39, 0.29) is 11.8 Å². The van der Waals surface area contributed by atoms with Gasteiger partial charge in [-0.3, -0.25) is 9.89 Å². The molecule has 1 aliphatic rings. The number of carbonyl (C=O) groups is 1. The van der Waals surface area contributed by atoms with Crippen LogP contribution in [0.15, 0.2) is 6.07 Å². The smallest absolute Gasteiger partial charge is 0.266 e. The fraction of sp³-hybridized carbons (Fsp3) is 0.429. The molecule has 1 aliphatic heterocycles. The number of amides is 1. The minimum atomic E-state index is -0.523. The molecule has 0 bridgehead atoms. The van der Waals surface area contributed by atoms with E-state index in [1.807, 2.05) is 11.8 Å². The maximum Gasteiger partial charge on any atom is 0.266 e. The molecule has 3 N–H and O–H groups in total. The molecule has 0 aliphatic carbocycles. The van der Waals surface area contributed by atoms with Gasteiger partial charge in [-0.15, -0.1) is 5.10 Å². The Morgan fingerprint density at radius 3 is 3.00 bits per heavy atom. The van der Waals surface area contributed by atoms with Gasteiger partial charge < -0.3 is 10.5 Å². The summed E-state index contributed by atoms with van der Waals surface area (Å²) in [5, 5.41) is 6.30. The third-order valence-electron chi connectivity index (χ3n) is 1.71. The Balaban J connectivity index is 2.00. The standard InChI is InChI=1S/C7H9N3O2S/c8-7(11)5-1-6(10-9-5)12-4-2-13-3-4/h1,4H,2-3H2,(H2,8,11)(H,9,10). The summed E-state index contributed by atoms with van der Waals surface area (Å²) < 4.78 is 5.41. The molecule has 1 saturated heterocycles. The summed E-state index contributed by atoms with van der Waals surface area (Å²) in [6, 6.07) is 1.52. The molecular weight excluding hydrogens is 190 g/mol. The Morgan fingerprint density at radius 1 is 1.77 bits per heavy atom. The van der Waals surface area contributed by atoms with Gasteiger partial charge in [0.15, 0.2) is 0 Å². The second-order valence-corrected chi connectivity index (χ2v) is 3.84. The molecule has 6 heteroatoms. The van der Waals surface area contributed by atoms with E-state index in [1.165, 1.54) is 6.07 Å². The summed E-state index contributed by atoms with van der Waals surface area (Å²) in [6.07, 6.45) is 0.231. The average molecular weight is 199 g/mol. The molecule has 2 rings (SSSR count). The molecule has 0 radical (unpaired) electrons. The first-order valence-electron chi connectivity index (χ1n) is 3.85. The highest BCUT2D eigenvalue weighted by Crippen LogP contribution is 2.22. The Labute approximate surface area is 79.0 Å². The molecule has 0 aromatic carbocycles. The lowest BCUT2D eigenvalue weighted by Gasteiger charge is -2.24. The van der Waals surface area contributed by atoms with E-state index in [0.29, 0.717) is 5.88 Å². The minimum absolute atomic E-state index is 0.231. The predicted molar refractivity (Wildman–Crippen MR) is 48.8 cm³/mol. The molecule has 0 saturated carbocycles.